The van der Waals surface area contributed by atoms with Crippen molar-refractivity contribution in [1.82, 2.24) is 9.55 Å². The van der Waals surface area contributed by atoms with E-state index in [-0.39, 0.29) is 0 Å². The largest absolute Gasteiger partial charge is 0.334 e. The number of hydrogen-bond donors (Lipinski definition) is 1. The Balaban J connectivity index is 2.63. The van der Waals surface area contributed by atoms with E-state index in [4.69, 9.17) is 5.73 Å². The zero-order valence-corrected chi connectivity index (χ0v) is 7.83. The summed E-state index contributed by atoms with van der Waals surface area (Å²) in [6.07, 6.45) is 4.70. The first-order valence-electron chi connectivity index (χ1n) is 4.43. The van der Waals surface area contributed by atoms with Crippen LogP contribution in [0.25, 0.3) is 0 Å². The van der Waals surface area contributed by atoms with Gasteiger partial charge in [-0.2, -0.15) is 0 Å². The van der Waals surface area contributed by atoms with Gasteiger partial charge in [-0.05, 0) is 12.5 Å². The molecule has 3 nitrogen and oxygen atoms in total. The second-order valence-electron chi connectivity index (χ2n) is 3.47. The van der Waals surface area contributed by atoms with Crippen molar-refractivity contribution in [2.75, 3.05) is 6.54 Å². The molecule has 0 spiro atoms. The number of nitrogens with zero attached hydrogens (tertiary/aromatic N) is 2. The van der Waals surface area contributed by atoms with Crippen LogP contribution in [0, 0.1) is 5.92 Å². The molecule has 0 saturated heterocycles. The molecule has 2 N–H and O–H groups in total. The Kier molecular flexibility index (Phi) is 3.29. The highest BCUT2D eigenvalue weighted by molar-refractivity contribution is 4.98. The molecule has 0 aliphatic heterocycles. The predicted octanol–water partition coefficient (Wildman–Crippen LogP) is 1.04. The molecule has 0 aromatic carbocycles. The maximum Gasteiger partial charge on any atom is 0.0948 e. The molecule has 0 amide bonds. The maximum absolute atomic E-state index is 5.48. The first-order chi connectivity index (χ1) is 5.74. The van der Waals surface area contributed by atoms with Crippen LogP contribution in [0.2, 0.25) is 0 Å². The third-order valence-corrected chi connectivity index (χ3v) is 1.76. The molecule has 0 aliphatic rings. The van der Waals surface area contributed by atoms with Crippen molar-refractivity contribution in [3.63, 3.8) is 0 Å². The highest BCUT2D eigenvalue weighted by atomic mass is 15.0. The fraction of sp³-hybridized carbons (Fsp3) is 0.667. The Hall–Kier alpha value is -0.830. The molecule has 1 aromatic rings. The van der Waals surface area contributed by atoms with Gasteiger partial charge < -0.3 is 10.3 Å². The van der Waals surface area contributed by atoms with Gasteiger partial charge in [-0.15, -0.1) is 0 Å². The van der Waals surface area contributed by atoms with Gasteiger partial charge in [-0.1, -0.05) is 13.8 Å². The summed E-state index contributed by atoms with van der Waals surface area (Å²) in [7, 11) is 0. The second kappa shape index (κ2) is 4.26. The lowest BCUT2D eigenvalue weighted by Crippen LogP contribution is -2.11. The quantitative estimate of drug-likeness (QED) is 0.728. The third-order valence-electron chi connectivity index (χ3n) is 1.76. The number of aromatic nitrogens is 2. The van der Waals surface area contributed by atoms with Gasteiger partial charge in [0.1, 0.15) is 0 Å². The van der Waals surface area contributed by atoms with Gasteiger partial charge in [0, 0.05) is 24.9 Å². The highest BCUT2D eigenvalue weighted by Gasteiger charge is 2.02. The van der Waals surface area contributed by atoms with Crippen LogP contribution in [0.15, 0.2) is 12.5 Å². The van der Waals surface area contributed by atoms with Gasteiger partial charge in [-0.3, -0.25) is 0 Å². The summed E-state index contributed by atoms with van der Waals surface area (Å²) in [5.74, 6) is 0.663. The minimum absolute atomic E-state index is 0.663. The van der Waals surface area contributed by atoms with Crippen molar-refractivity contribution in [3.8, 4) is 0 Å². The van der Waals surface area contributed by atoms with E-state index >= 15 is 0 Å². The van der Waals surface area contributed by atoms with Crippen LogP contribution in [0.1, 0.15) is 19.5 Å². The molecule has 12 heavy (non-hydrogen) atoms. The zero-order chi connectivity index (χ0) is 8.97. The molecule has 1 rings (SSSR count). The summed E-state index contributed by atoms with van der Waals surface area (Å²) >= 11 is 0. The number of imidazole rings is 1. The molecule has 0 atom stereocenters. The molecule has 1 heterocycles. The van der Waals surface area contributed by atoms with Crippen LogP contribution in [-0.4, -0.2) is 16.1 Å². The Morgan fingerprint density at radius 2 is 2.33 bits per heavy atom. The molecular formula is C9H17N3. The topological polar surface area (TPSA) is 43.8 Å². The van der Waals surface area contributed by atoms with Crippen LogP contribution >= 0.6 is 0 Å². The summed E-state index contributed by atoms with van der Waals surface area (Å²) < 4.78 is 2.18. The number of rotatable bonds is 4. The van der Waals surface area contributed by atoms with Crippen LogP contribution in [0.5, 0.6) is 0 Å². The second-order valence-corrected chi connectivity index (χ2v) is 3.47. The monoisotopic (exact) mass is 167 g/mol. The highest BCUT2D eigenvalue weighted by Crippen LogP contribution is 2.04. The fourth-order valence-electron chi connectivity index (χ4n) is 1.26. The van der Waals surface area contributed by atoms with Gasteiger partial charge in [0.15, 0.2) is 0 Å². The third kappa shape index (κ3) is 2.34. The lowest BCUT2D eigenvalue weighted by molar-refractivity contribution is 0.509. The lowest BCUT2D eigenvalue weighted by atomic mass is 10.2. The Bertz CT molecular complexity index is 227. The standard InChI is InChI=1S/C9H17N3/c1-8(2)6-12-7-11-5-9(12)3-4-10/h5,7-8H,3-4,6,10H2,1-2H3. The van der Waals surface area contributed by atoms with E-state index in [1.54, 1.807) is 0 Å². The summed E-state index contributed by atoms with van der Waals surface area (Å²) in [6, 6.07) is 0. The molecule has 0 unspecified atom stereocenters. The Morgan fingerprint density at radius 3 is 2.92 bits per heavy atom. The van der Waals surface area contributed by atoms with Crippen LogP contribution in [0.3, 0.4) is 0 Å². The number of nitrogens with two attached hydrogens (primary N) is 1. The van der Waals surface area contributed by atoms with Gasteiger partial charge >= 0.3 is 0 Å². The zero-order valence-electron chi connectivity index (χ0n) is 7.83. The molecule has 1 aromatic heterocycles. The van der Waals surface area contributed by atoms with Crippen molar-refractivity contribution in [1.29, 1.82) is 0 Å². The van der Waals surface area contributed by atoms with Crippen molar-refractivity contribution >= 4 is 0 Å². The smallest absolute Gasteiger partial charge is 0.0948 e. The average Bonchev–Trinajstić information content (AvgIpc) is 2.37. The Labute approximate surface area is 73.6 Å². The molecule has 68 valence electrons. The maximum atomic E-state index is 5.48. The summed E-state index contributed by atoms with van der Waals surface area (Å²) in [6.45, 7) is 6.14. The molecule has 3 heteroatoms. The first kappa shape index (κ1) is 9.26. The first-order valence-corrected chi connectivity index (χ1v) is 4.43. The van der Waals surface area contributed by atoms with Gasteiger partial charge in [0.05, 0.1) is 6.33 Å². The fourth-order valence-corrected chi connectivity index (χ4v) is 1.26. The van der Waals surface area contributed by atoms with Gasteiger partial charge in [0.25, 0.3) is 0 Å². The van der Waals surface area contributed by atoms with Crippen molar-refractivity contribution in [2.24, 2.45) is 11.7 Å². The van der Waals surface area contributed by atoms with E-state index in [9.17, 15) is 0 Å². The van der Waals surface area contributed by atoms with E-state index in [1.807, 2.05) is 12.5 Å². The molecule has 0 saturated carbocycles. The van der Waals surface area contributed by atoms with Gasteiger partial charge in [-0.25, -0.2) is 4.98 Å². The summed E-state index contributed by atoms with van der Waals surface area (Å²) in [5.41, 5.74) is 6.72. The van der Waals surface area contributed by atoms with Crippen molar-refractivity contribution < 1.29 is 0 Å². The molecule has 0 aliphatic carbocycles. The molecule has 0 radical (unpaired) electrons. The van der Waals surface area contributed by atoms with Gasteiger partial charge in [0.2, 0.25) is 0 Å². The van der Waals surface area contributed by atoms with E-state index < -0.39 is 0 Å². The number of hydrogen-bond acceptors (Lipinski definition) is 2. The van der Waals surface area contributed by atoms with E-state index in [2.05, 4.69) is 23.4 Å². The van der Waals surface area contributed by atoms with Crippen molar-refractivity contribution in [2.45, 2.75) is 26.8 Å². The van der Waals surface area contributed by atoms with Crippen LogP contribution in [0.4, 0.5) is 0 Å². The molecule has 0 fully saturated rings. The SMILES string of the molecule is CC(C)Cn1cncc1CCN. The van der Waals surface area contributed by atoms with E-state index in [1.165, 1.54) is 5.69 Å². The van der Waals surface area contributed by atoms with Crippen LogP contribution < -0.4 is 5.73 Å². The van der Waals surface area contributed by atoms with E-state index in [0.29, 0.717) is 12.5 Å². The lowest BCUT2D eigenvalue weighted by Gasteiger charge is -2.09. The van der Waals surface area contributed by atoms with Crippen molar-refractivity contribution in [3.05, 3.63) is 18.2 Å². The molecular weight excluding hydrogens is 150 g/mol. The predicted molar refractivity (Wildman–Crippen MR) is 49.8 cm³/mol. The normalized spacial score (nSPS) is 11.0. The summed E-state index contributed by atoms with van der Waals surface area (Å²) in [4.78, 5) is 4.10. The summed E-state index contributed by atoms with van der Waals surface area (Å²) in [5, 5.41) is 0. The average molecular weight is 167 g/mol. The Morgan fingerprint density at radius 1 is 1.58 bits per heavy atom. The minimum Gasteiger partial charge on any atom is -0.334 e. The van der Waals surface area contributed by atoms with E-state index in [0.717, 1.165) is 13.0 Å². The minimum atomic E-state index is 0.663. The van der Waals surface area contributed by atoms with Crippen LogP contribution in [-0.2, 0) is 13.0 Å². The molecule has 0 bridgehead atoms.